The standard InChI is InChI=1S/C22H20ClF2N3O4/c1-28-20(32-15-8-6-14(23)7-9-15)16(17(27-28)18(24)25)19(29)26-22(10-11-22)13-4-2-12(3-5-13)21(30)31/h2-9,16,18,20H,10-11H2,1H3,(H,26,29)(H,30,31). The van der Waals surface area contributed by atoms with Crippen LogP contribution in [0.3, 0.4) is 0 Å². The Morgan fingerprint density at radius 3 is 2.34 bits per heavy atom. The number of carboxylic acid groups (broad SMARTS) is 1. The number of ether oxygens (including phenoxy) is 1. The Hall–Kier alpha value is -3.20. The third kappa shape index (κ3) is 4.25. The van der Waals surface area contributed by atoms with Gasteiger partial charge in [0.15, 0.2) is 0 Å². The van der Waals surface area contributed by atoms with Gasteiger partial charge in [0.1, 0.15) is 17.4 Å². The molecule has 2 aromatic rings. The van der Waals surface area contributed by atoms with Crippen LogP contribution >= 0.6 is 11.6 Å². The minimum absolute atomic E-state index is 0.122. The average molecular weight is 464 g/mol. The van der Waals surface area contributed by atoms with Crippen molar-refractivity contribution in [2.75, 3.05) is 7.05 Å². The van der Waals surface area contributed by atoms with Crippen LogP contribution in [-0.2, 0) is 10.3 Å². The summed E-state index contributed by atoms with van der Waals surface area (Å²) in [6, 6.07) is 12.5. The number of aromatic carboxylic acids is 1. The topological polar surface area (TPSA) is 91.2 Å². The molecular weight excluding hydrogens is 444 g/mol. The minimum Gasteiger partial charge on any atom is -0.478 e. The molecule has 2 aromatic carbocycles. The smallest absolute Gasteiger partial charge is 0.335 e. The highest BCUT2D eigenvalue weighted by Gasteiger charge is 2.51. The van der Waals surface area contributed by atoms with E-state index >= 15 is 0 Å². The number of nitrogens with one attached hydrogen (secondary N) is 1. The molecule has 4 rings (SSSR count). The molecule has 1 aliphatic carbocycles. The van der Waals surface area contributed by atoms with Gasteiger partial charge in [0.2, 0.25) is 12.1 Å². The van der Waals surface area contributed by atoms with Gasteiger partial charge in [-0.2, -0.15) is 5.10 Å². The van der Waals surface area contributed by atoms with Gasteiger partial charge in [0.05, 0.1) is 11.1 Å². The number of hydrazone groups is 1. The Balaban J connectivity index is 1.56. The summed E-state index contributed by atoms with van der Waals surface area (Å²) in [4.78, 5) is 24.3. The lowest BCUT2D eigenvalue weighted by molar-refractivity contribution is -0.128. The SMILES string of the molecule is CN1N=C(C(F)F)C(C(=O)NC2(c3ccc(C(=O)O)cc3)CC2)C1Oc1ccc(Cl)cc1. The highest BCUT2D eigenvalue weighted by atomic mass is 35.5. The normalized spacial score (nSPS) is 21.3. The Kier molecular flexibility index (Phi) is 5.77. The van der Waals surface area contributed by atoms with Crippen molar-refractivity contribution in [2.45, 2.75) is 31.0 Å². The number of rotatable bonds is 7. The van der Waals surface area contributed by atoms with Gasteiger partial charge < -0.3 is 15.2 Å². The number of amides is 1. The predicted molar refractivity (Wildman–Crippen MR) is 113 cm³/mol. The van der Waals surface area contributed by atoms with E-state index in [0.29, 0.717) is 29.2 Å². The molecular formula is C22H20ClF2N3O4. The number of benzene rings is 2. The van der Waals surface area contributed by atoms with Crippen LogP contribution in [0.5, 0.6) is 5.75 Å². The number of carbonyl (C=O) groups excluding carboxylic acids is 1. The molecule has 168 valence electrons. The molecule has 0 saturated heterocycles. The summed E-state index contributed by atoms with van der Waals surface area (Å²) in [6.07, 6.45) is -2.78. The van der Waals surface area contributed by atoms with Gasteiger partial charge in [0.25, 0.3) is 6.43 Å². The van der Waals surface area contributed by atoms with Crippen molar-refractivity contribution in [3.05, 3.63) is 64.7 Å². The number of hydrogen-bond acceptors (Lipinski definition) is 5. The molecule has 0 radical (unpaired) electrons. The minimum atomic E-state index is -2.93. The fraction of sp³-hybridized carbons (Fsp3) is 0.318. The van der Waals surface area contributed by atoms with E-state index in [9.17, 15) is 18.4 Å². The van der Waals surface area contributed by atoms with Crippen molar-refractivity contribution in [3.63, 3.8) is 0 Å². The van der Waals surface area contributed by atoms with Crippen molar-refractivity contribution in [2.24, 2.45) is 11.0 Å². The van der Waals surface area contributed by atoms with Gasteiger partial charge in [-0.1, -0.05) is 23.7 Å². The van der Waals surface area contributed by atoms with Crippen molar-refractivity contribution < 1.29 is 28.2 Å². The second-order valence-electron chi connectivity index (χ2n) is 7.79. The molecule has 1 saturated carbocycles. The zero-order chi connectivity index (χ0) is 23.0. The lowest BCUT2D eigenvalue weighted by atomic mass is 9.98. The van der Waals surface area contributed by atoms with Gasteiger partial charge in [-0.05, 0) is 54.8 Å². The van der Waals surface area contributed by atoms with Gasteiger partial charge in [-0.3, -0.25) is 9.80 Å². The number of hydrogen-bond donors (Lipinski definition) is 2. The number of nitrogens with zero attached hydrogens (tertiary/aromatic N) is 2. The van der Waals surface area contributed by atoms with Crippen LogP contribution in [0.25, 0.3) is 0 Å². The first-order valence-electron chi connectivity index (χ1n) is 9.88. The molecule has 10 heteroatoms. The predicted octanol–water partition coefficient (Wildman–Crippen LogP) is 3.73. The summed E-state index contributed by atoms with van der Waals surface area (Å²) in [7, 11) is 1.47. The molecule has 2 aliphatic rings. The van der Waals surface area contributed by atoms with E-state index in [1.54, 1.807) is 36.4 Å². The Morgan fingerprint density at radius 2 is 1.81 bits per heavy atom. The first-order chi connectivity index (χ1) is 15.2. The van der Waals surface area contributed by atoms with Gasteiger partial charge >= 0.3 is 5.97 Å². The largest absolute Gasteiger partial charge is 0.478 e. The zero-order valence-corrected chi connectivity index (χ0v) is 17.7. The molecule has 2 unspecified atom stereocenters. The number of carbonyl (C=O) groups is 2. The molecule has 1 heterocycles. The maximum absolute atomic E-state index is 13.7. The molecule has 0 bridgehead atoms. The lowest BCUT2D eigenvalue weighted by Crippen LogP contribution is -2.49. The summed E-state index contributed by atoms with van der Waals surface area (Å²) < 4.78 is 33.3. The third-order valence-corrected chi connectivity index (χ3v) is 5.87. The van der Waals surface area contributed by atoms with E-state index in [2.05, 4.69) is 10.4 Å². The van der Waals surface area contributed by atoms with Crippen LogP contribution in [0.4, 0.5) is 8.78 Å². The Bertz CT molecular complexity index is 1060. The molecule has 1 fully saturated rings. The van der Waals surface area contributed by atoms with Crippen LogP contribution in [0.1, 0.15) is 28.8 Å². The van der Waals surface area contributed by atoms with Crippen molar-refractivity contribution in [1.82, 2.24) is 10.3 Å². The fourth-order valence-corrected chi connectivity index (χ4v) is 3.89. The van der Waals surface area contributed by atoms with E-state index in [4.69, 9.17) is 21.4 Å². The first kappa shape index (κ1) is 22.0. The zero-order valence-electron chi connectivity index (χ0n) is 17.0. The van der Waals surface area contributed by atoms with Crippen LogP contribution in [0, 0.1) is 5.92 Å². The summed E-state index contributed by atoms with van der Waals surface area (Å²) in [6.45, 7) is 0. The van der Waals surface area contributed by atoms with Crippen molar-refractivity contribution >= 4 is 29.2 Å². The number of carboxylic acids is 1. The molecule has 1 aliphatic heterocycles. The molecule has 7 nitrogen and oxygen atoms in total. The molecule has 1 amide bonds. The van der Waals surface area contributed by atoms with E-state index in [1.807, 2.05) is 0 Å². The van der Waals surface area contributed by atoms with E-state index in [1.165, 1.54) is 24.2 Å². The average Bonchev–Trinajstić information content (AvgIpc) is 3.46. The number of halogens is 3. The molecule has 2 N–H and O–H groups in total. The molecule has 32 heavy (non-hydrogen) atoms. The summed E-state index contributed by atoms with van der Waals surface area (Å²) in [5.74, 6) is -2.65. The van der Waals surface area contributed by atoms with E-state index < -0.39 is 41.7 Å². The van der Waals surface area contributed by atoms with Crippen molar-refractivity contribution in [1.29, 1.82) is 0 Å². The quantitative estimate of drug-likeness (QED) is 0.653. The fourth-order valence-electron chi connectivity index (χ4n) is 3.76. The second kappa shape index (κ2) is 8.38. The highest BCUT2D eigenvalue weighted by Crippen LogP contribution is 2.46. The van der Waals surface area contributed by atoms with E-state index in [0.717, 1.165) is 0 Å². The van der Waals surface area contributed by atoms with Crippen LogP contribution in [0.2, 0.25) is 5.02 Å². The first-order valence-corrected chi connectivity index (χ1v) is 10.3. The highest BCUT2D eigenvalue weighted by molar-refractivity contribution is 6.30. The van der Waals surface area contributed by atoms with E-state index in [-0.39, 0.29) is 5.56 Å². The van der Waals surface area contributed by atoms with Gasteiger partial charge in [0, 0.05) is 12.1 Å². The van der Waals surface area contributed by atoms with Crippen LogP contribution in [0.15, 0.2) is 53.6 Å². The lowest BCUT2D eigenvalue weighted by Gasteiger charge is -2.27. The Labute approximate surface area is 187 Å². The van der Waals surface area contributed by atoms with Gasteiger partial charge in [-0.15, -0.1) is 0 Å². The second-order valence-corrected chi connectivity index (χ2v) is 8.23. The molecule has 0 spiro atoms. The molecule has 2 atom stereocenters. The van der Waals surface area contributed by atoms with Crippen LogP contribution in [-0.4, -0.2) is 47.4 Å². The summed E-state index contributed by atoms with van der Waals surface area (Å²) in [5, 5.41) is 17.5. The number of alkyl halides is 2. The van der Waals surface area contributed by atoms with Gasteiger partial charge in [-0.25, -0.2) is 13.6 Å². The maximum atomic E-state index is 13.7. The molecule has 0 aromatic heterocycles. The van der Waals surface area contributed by atoms with Crippen molar-refractivity contribution in [3.8, 4) is 5.75 Å². The summed E-state index contributed by atoms with van der Waals surface area (Å²) in [5.41, 5.74) is -0.460. The van der Waals surface area contributed by atoms with Crippen LogP contribution < -0.4 is 10.1 Å². The Morgan fingerprint density at radius 1 is 1.19 bits per heavy atom. The summed E-state index contributed by atoms with van der Waals surface area (Å²) >= 11 is 5.88. The monoisotopic (exact) mass is 463 g/mol. The maximum Gasteiger partial charge on any atom is 0.335 e. The third-order valence-electron chi connectivity index (χ3n) is 5.62.